The molecule has 2 rings (SSSR count). The molecule has 0 fully saturated rings. The molecule has 0 unspecified atom stereocenters. The molecule has 0 aliphatic heterocycles. The van der Waals surface area contributed by atoms with Gasteiger partial charge in [0.1, 0.15) is 0 Å². The number of unbranched alkanes of at least 4 members (excludes halogenated alkanes) is 1. The standard InChI is InChI=1S/C12H16N4O3/c13-7-5-10-9(16-12(18)19-10)6-8(7)15-4-2-1-3-11(14)17/h5-6,15H,1-4,13H2,(H2,14,17)(H,16,18). The zero-order valence-electron chi connectivity index (χ0n) is 10.4. The summed E-state index contributed by atoms with van der Waals surface area (Å²) in [6.45, 7) is 0.672. The van der Waals surface area contributed by atoms with E-state index in [1.165, 1.54) is 0 Å². The van der Waals surface area contributed by atoms with Crippen molar-refractivity contribution in [1.29, 1.82) is 0 Å². The highest BCUT2D eigenvalue weighted by Gasteiger charge is 2.06. The van der Waals surface area contributed by atoms with E-state index < -0.39 is 5.76 Å². The number of hydrogen-bond donors (Lipinski definition) is 4. The molecule has 6 N–H and O–H groups in total. The van der Waals surface area contributed by atoms with Gasteiger partial charge in [-0.05, 0) is 18.9 Å². The first kappa shape index (κ1) is 13.0. The Balaban J connectivity index is 1.98. The van der Waals surface area contributed by atoms with Crippen molar-refractivity contribution < 1.29 is 9.21 Å². The minimum atomic E-state index is -0.506. The summed E-state index contributed by atoms with van der Waals surface area (Å²) >= 11 is 0. The number of amides is 1. The van der Waals surface area contributed by atoms with E-state index >= 15 is 0 Å². The second-order valence-electron chi connectivity index (χ2n) is 4.30. The summed E-state index contributed by atoms with van der Waals surface area (Å²) in [6.07, 6.45) is 1.92. The van der Waals surface area contributed by atoms with Crippen molar-refractivity contribution in [3.8, 4) is 0 Å². The molecule has 1 aromatic heterocycles. The molecule has 0 radical (unpaired) electrons. The summed E-state index contributed by atoms with van der Waals surface area (Å²) in [5.41, 5.74) is 13.2. The van der Waals surface area contributed by atoms with E-state index in [0.717, 1.165) is 18.5 Å². The van der Waals surface area contributed by atoms with Gasteiger partial charge in [-0.25, -0.2) is 4.79 Å². The molecule has 1 amide bonds. The summed E-state index contributed by atoms with van der Waals surface area (Å²) in [6, 6.07) is 3.32. The molecule has 102 valence electrons. The first-order valence-corrected chi connectivity index (χ1v) is 6.01. The number of primary amides is 1. The molecule has 7 nitrogen and oxygen atoms in total. The van der Waals surface area contributed by atoms with Crippen LogP contribution in [0.15, 0.2) is 21.3 Å². The molecule has 0 saturated heterocycles. The Morgan fingerprint density at radius 2 is 2.16 bits per heavy atom. The number of nitrogens with two attached hydrogens (primary N) is 2. The molecule has 1 heterocycles. The fourth-order valence-corrected chi connectivity index (χ4v) is 1.81. The van der Waals surface area contributed by atoms with E-state index in [0.29, 0.717) is 29.8 Å². The van der Waals surface area contributed by atoms with Gasteiger partial charge in [0, 0.05) is 19.0 Å². The lowest BCUT2D eigenvalue weighted by Crippen LogP contribution is -2.11. The van der Waals surface area contributed by atoms with Crippen LogP contribution in [0.1, 0.15) is 19.3 Å². The van der Waals surface area contributed by atoms with Crippen molar-refractivity contribution in [2.75, 3.05) is 17.6 Å². The molecular weight excluding hydrogens is 248 g/mol. The largest absolute Gasteiger partial charge is 0.417 e. The zero-order valence-corrected chi connectivity index (χ0v) is 10.4. The fourth-order valence-electron chi connectivity index (χ4n) is 1.81. The highest BCUT2D eigenvalue weighted by molar-refractivity contribution is 5.85. The fraction of sp³-hybridized carbons (Fsp3) is 0.333. The molecule has 0 atom stereocenters. The molecule has 0 aliphatic carbocycles. The number of fused-ring (bicyclic) bond motifs is 1. The van der Waals surface area contributed by atoms with Crippen LogP contribution in [0.4, 0.5) is 11.4 Å². The Kier molecular flexibility index (Phi) is 3.74. The number of carbonyl (C=O) groups excluding carboxylic acids is 1. The van der Waals surface area contributed by atoms with Crippen LogP contribution in [0, 0.1) is 0 Å². The van der Waals surface area contributed by atoms with Crippen LogP contribution in [0.3, 0.4) is 0 Å². The smallest absolute Gasteiger partial charge is 0.408 e. The van der Waals surface area contributed by atoms with E-state index in [4.69, 9.17) is 15.9 Å². The molecule has 0 spiro atoms. The molecule has 0 aliphatic rings. The van der Waals surface area contributed by atoms with Crippen molar-refractivity contribution in [3.63, 3.8) is 0 Å². The predicted octanol–water partition coefficient (Wildman–Crippen LogP) is 0.771. The molecule has 7 heteroatoms. The van der Waals surface area contributed by atoms with Gasteiger partial charge in [-0.1, -0.05) is 0 Å². The maximum atomic E-state index is 11.0. The molecule has 19 heavy (non-hydrogen) atoms. The maximum Gasteiger partial charge on any atom is 0.417 e. The number of oxazole rings is 1. The Labute approximate surface area is 109 Å². The first-order valence-electron chi connectivity index (χ1n) is 6.01. The van der Waals surface area contributed by atoms with E-state index in [1.54, 1.807) is 12.1 Å². The Bertz CT molecular complexity index is 644. The summed E-state index contributed by atoms with van der Waals surface area (Å²) in [4.78, 5) is 24.2. The molecule has 2 aromatic rings. The highest BCUT2D eigenvalue weighted by atomic mass is 16.4. The summed E-state index contributed by atoms with van der Waals surface area (Å²) in [7, 11) is 0. The quantitative estimate of drug-likeness (QED) is 0.452. The average molecular weight is 264 g/mol. The van der Waals surface area contributed by atoms with Crippen LogP contribution in [-0.4, -0.2) is 17.4 Å². The summed E-state index contributed by atoms with van der Waals surface area (Å²) < 4.78 is 4.90. The van der Waals surface area contributed by atoms with Crippen molar-refractivity contribution in [2.24, 2.45) is 5.73 Å². The Hall–Kier alpha value is -2.44. The monoisotopic (exact) mass is 264 g/mol. The van der Waals surface area contributed by atoms with Gasteiger partial charge in [0.2, 0.25) is 5.91 Å². The highest BCUT2D eigenvalue weighted by Crippen LogP contribution is 2.24. The van der Waals surface area contributed by atoms with Gasteiger partial charge in [0.05, 0.1) is 16.9 Å². The van der Waals surface area contributed by atoms with Crippen LogP contribution in [0.5, 0.6) is 0 Å². The minimum Gasteiger partial charge on any atom is -0.408 e. The molecule has 1 aromatic carbocycles. The molecule has 0 saturated carbocycles. The normalized spacial score (nSPS) is 10.7. The Morgan fingerprint density at radius 1 is 1.37 bits per heavy atom. The number of hydrogen-bond acceptors (Lipinski definition) is 5. The lowest BCUT2D eigenvalue weighted by molar-refractivity contribution is -0.118. The average Bonchev–Trinajstić information content (AvgIpc) is 2.67. The number of carbonyl (C=O) groups is 1. The topological polar surface area (TPSA) is 127 Å². The van der Waals surface area contributed by atoms with Gasteiger partial charge >= 0.3 is 5.76 Å². The predicted molar refractivity (Wildman–Crippen MR) is 72.8 cm³/mol. The van der Waals surface area contributed by atoms with Gasteiger partial charge in [-0.2, -0.15) is 0 Å². The molecular formula is C12H16N4O3. The van der Waals surface area contributed by atoms with Gasteiger partial charge in [-0.3, -0.25) is 9.78 Å². The SMILES string of the molecule is NC(=O)CCCCNc1cc2[nH]c(=O)oc2cc1N. The van der Waals surface area contributed by atoms with Crippen LogP contribution in [-0.2, 0) is 4.79 Å². The minimum absolute atomic E-state index is 0.295. The first-order chi connectivity index (χ1) is 9.06. The number of benzene rings is 1. The van der Waals surface area contributed by atoms with E-state index in [-0.39, 0.29) is 5.91 Å². The zero-order chi connectivity index (χ0) is 13.8. The number of nitrogen functional groups attached to an aromatic ring is 1. The van der Waals surface area contributed by atoms with Crippen molar-refractivity contribution in [1.82, 2.24) is 4.98 Å². The summed E-state index contributed by atoms with van der Waals surface area (Å²) in [5.74, 6) is -0.801. The van der Waals surface area contributed by atoms with Crippen LogP contribution in [0.2, 0.25) is 0 Å². The third-order valence-electron chi connectivity index (χ3n) is 2.76. The van der Waals surface area contributed by atoms with Gasteiger partial charge in [-0.15, -0.1) is 0 Å². The second-order valence-corrected chi connectivity index (χ2v) is 4.30. The maximum absolute atomic E-state index is 11.0. The van der Waals surface area contributed by atoms with Gasteiger partial charge < -0.3 is 21.2 Å². The third-order valence-corrected chi connectivity index (χ3v) is 2.76. The van der Waals surface area contributed by atoms with Crippen LogP contribution in [0.25, 0.3) is 11.1 Å². The lowest BCUT2D eigenvalue weighted by Gasteiger charge is -2.08. The lowest BCUT2D eigenvalue weighted by atomic mass is 10.2. The number of aromatic nitrogens is 1. The number of anilines is 2. The number of aromatic amines is 1. The third kappa shape index (κ3) is 3.27. The van der Waals surface area contributed by atoms with Crippen molar-refractivity contribution in [2.45, 2.75) is 19.3 Å². The number of H-pyrrole nitrogens is 1. The summed E-state index contributed by atoms with van der Waals surface area (Å²) in [5, 5.41) is 3.15. The molecule has 0 bridgehead atoms. The second kappa shape index (κ2) is 5.47. The van der Waals surface area contributed by atoms with Crippen molar-refractivity contribution in [3.05, 3.63) is 22.7 Å². The van der Waals surface area contributed by atoms with Crippen LogP contribution < -0.4 is 22.5 Å². The van der Waals surface area contributed by atoms with Gasteiger partial charge in [0.25, 0.3) is 0 Å². The number of nitrogens with one attached hydrogen (secondary N) is 2. The van der Waals surface area contributed by atoms with E-state index in [9.17, 15) is 9.59 Å². The van der Waals surface area contributed by atoms with Gasteiger partial charge in [0.15, 0.2) is 5.58 Å². The van der Waals surface area contributed by atoms with E-state index in [1.807, 2.05) is 0 Å². The van der Waals surface area contributed by atoms with Crippen LogP contribution >= 0.6 is 0 Å². The Morgan fingerprint density at radius 3 is 2.89 bits per heavy atom. The number of rotatable bonds is 6. The van der Waals surface area contributed by atoms with E-state index in [2.05, 4.69) is 10.3 Å². The van der Waals surface area contributed by atoms with Crippen molar-refractivity contribution >= 4 is 28.4 Å².